The zero-order valence-corrected chi connectivity index (χ0v) is 8.44. The molecule has 0 aliphatic heterocycles. The number of nitrogens with one attached hydrogen (secondary N) is 1. The van der Waals surface area contributed by atoms with Gasteiger partial charge in [0.1, 0.15) is 0 Å². The molecule has 0 spiro atoms. The molecule has 14 heavy (non-hydrogen) atoms. The van der Waals surface area contributed by atoms with Crippen molar-refractivity contribution in [1.29, 1.82) is 0 Å². The van der Waals surface area contributed by atoms with Crippen LogP contribution in [0, 0.1) is 0 Å². The third-order valence-electron chi connectivity index (χ3n) is 1.79. The van der Waals surface area contributed by atoms with Gasteiger partial charge in [-0.2, -0.15) is 5.10 Å². The van der Waals surface area contributed by atoms with E-state index in [0.29, 0.717) is 0 Å². The maximum Gasteiger partial charge on any atom is 0.0893 e. The lowest BCUT2D eigenvalue weighted by molar-refractivity contribution is 0.551. The Labute approximate surface area is 85.9 Å². The van der Waals surface area contributed by atoms with Crippen molar-refractivity contribution in [2.45, 2.75) is 13.1 Å². The molecule has 0 saturated heterocycles. The second-order valence-corrected chi connectivity index (χ2v) is 3.45. The summed E-state index contributed by atoms with van der Waals surface area (Å²) in [6, 6.07) is 1.92. The van der Waals surface area contributed by atoms with Gasteiger partial charge in [-0.05, 0) is 17.6 Å². The van der Waals surface area contributed by atoms with Gasteiger partial charge in [-0.15, -0.1) is 5.10 Å². The Hall–Kier alpha value is -1.27. The summed E-state index contributed by atoms with van der Waals surface area (Å²) in [7, 11) is 0. The highest BCUT2D eigenvalue weighted by atomic mass is 32.1. The van der Waals surface area contributed by atoms with E-state index in [1.807, 2.05) is 22.3 Å². The Balaban J connectivity index is 1.65. The summed E-state index contributed by atoms with van der Waals surface area (Å²) in [5, 5.41) is 13.3. The topological polar surface area (TPSA) is 55.6 Å². The van der Waals surface area contributed by atoms with Gasteiger partial charge in [0.2, 0.25) is 0 Å². The highest BCUT2D eigenvalue weighted by Gasteiger charge is 1.95. The molecule has 2 rings (SSSR count). The fourth-order valence-corrected chi connectivity index (χ4v) is 1.56. The largest absolute Gasteiger partial charge is 0.309 e. The highest BCUT2D eigenvalue weighted by Crippen LogP contribution is 1.95. The van der Waals surface area contributed by atoms with Crippen LogP contribution in [0.1, 0.15) is 5.69 Å². The average molecular weight is 209 g/mol. The van der Waals surface area contributed by atoms with E-state index in [9.17, 15) is 0 Å². The van der Waals surface area contributed by atoms with E-state index in [0.717, 1.165) is 25.3 Å². The zero-order chi connectivity index (χ0) is 9.64. The first-order valence-corrected chi connectivity index (χ1v) is 5.23. The number of aromatic nitrogens is 4. The molecule has 2 heterocycles. The first-order valence-electron chi connectivity index (χ1n) is 4.39. The van der Waals surface area contributed by atoms with Crippen LogP contribution in [0.5, 0.6) is 0 Å². The third kappa shape index (κ3) is 2.61. The van der Waals surface area contributed by atoms with Crippen LogP contribution in [-0.4, -0.2) is 25.9 Å². The Kier molecular flexibility index (Phi) is 3.20. The molecule has 0 bridgehead atoms. The molecule has 1 N–H and O–H groups in total. The molecule has 0 fully saturated rings. The Bertz CT molecular complexity index is 305. The summed E-state index contributed by atoms with van der Waals surface area (Å²) in [6.45, 7) is 2.54. The van der Waals surface area contributed by atoms with Crippen LogP contribution in [-0.2, 0) is 13.1 Å². The second kappa shape index (κ2) is 4.83. The van der Waals surface area contributed by atoms with Crippen LogP contribution < -0.4 is 5.32 Å². The number of hydrogen-bond donors (Lipinski definition) is 1. The minimum atomic E-state index is 0.776. The van der Waals surface area contributed by atoms with E-state index in [-0.39, 0.29) is 0 Å². The van der Waals surface area contributed by atoms with Crippen LogP contribution in [0.25, 0.3) is 0 Å². The molecule has 0 aliphatic rings. The third-order valence-corrected chi connectivity index (χ3v) is 2.34. The SMILES string of the molecule is c1cnn(CCNCc2csnn2)c1. The van der Waals surface area contributed by atoms with Crippen molar-refractivity contribution in [3.63, 3.8) is 0 Å². The molecule has 0 aromatic carbocycles. The molecule has 0 unspecified atom stereocenters. The first kappa shape index (κ1) is 9.29. The van der Waals surface area contributed by atoms with Crippen molar-refractivity contribution in [2.24, 2.45) is 0 Å². The Morgan fingerprint density at radius 3 is 3.21 bits per heavy atom. The van der Waals surface area contributed by atoms with Gasteiger partial charge in [0.15, 0.2) is 0 Å². The minimum absolute atomic E-state index is 0.776. The number of rotatable bonds is 5. The van der Waals surface area contributed by atoms with E-state index < -0.39 is 0 Å². The smallest absolute Gasteiger partial charge is 0.0893 e. The standard InChI is InChI=1S/C8H11N5S/c1-2-10-13(4-1)5-3-9-6-8-7-14-12-11-8/h1-2,4,7,9H,3,5-6H2. The molecule has 2 aromatic rings. The van der Waals surface area contributed by atoms with Crippen molar-refractivity contribution in [3.05, 3.63) is 29.5 Å². The van der Waals surface area contributed by atoms with E-state index in [2.05, 4.69) is 20.0 Å². The van der Waals surface area contributed by atoms with Crippen molar-refractivity contribution < 1.29 is 0 Å². The van der Waals surface area contributed by atoms with Crippen LogP contribution in [0.2, 0.25) is 0 Å². The summed E-state index contributed by atoms with van der Waals surface area (Å²) in [6.07, 6.45) is 3.73. The van der Waals surface area contributed by atoms with E-state index in [4.69, 9.17) is 0 Å². The van der Waals surface area contributed by atoms with Gasteiger partial charge in [0.05, 0.1) is 12.2 Å². The Morgan fingerprint density at radius 2 is 2.50 bits per heavy atom. The van der Waals surface area contributed by atoms with Gasteiger partial charge in [0.25, 0.3) is 0 Å². The fourth-order valence-electron chi connectivity index (χ4n) is 1.10. The second-order valence-electron chi connectivity index (χ2n) is 2.84. The fraction of sp³-hybridized carbons (Fsp3) is 0.375. The molecule has 0 aliphatic carbocycles. The maximum atomic E-state index is 4.10. The van der Waals surface area contributed by atoms with Crippen LogP contribution in [0.4, 0.5) is 0 Å². The lowest BCUT2D eigenvalue weighted by Crippen LogP contribution is -2.19. The van der Waals surface area contributed by atoms with Gasteiger partial charge < -0.3 is 5.32 Å². The molecule has 0 radical (unpaired) electrons. The molecular weight excluding hydrogens is 198 g/mol. The van der Waals surface area contributed by atoms with Crippen LogP contribution in [0.3, 0.4) is 0 Å². The van der Waals surface area contributed by atoms with Gasteiger partial charge >= 0.3 is 0 Å². The average Bonchev–Trinajstić information content (AvgIpc) is 2.86. The lowest BCUT2D eigenvalue weighted by Gasteiger charge is -2.02. The quantitative estimate of drug-likeness (QED) is 0.730. The Morgan fingerprint density at radius 1 is 1.50 bits per heavy atom. The predicted molar refractivity (Wildman–Crippen MR) is 53.8 cm³/mol. The summed E-state index contributed by atoms with van der Waals surface area (Å²) in [4.78, 5) is 0. The van der Waals surface area contributed by atoms with Crippen LogP contribution in [0.15, 0.2) is 23.8 Å². The van der Waals surface area contributed by atoms with Gasteiger partial charge in [-0.3, -0.25) is 4.68 Å². The molecule has 0 atom stereocenters. The van der Waals surface area contributed by atoms with Crippen LogP contribution >= 0.6 is 11.5 Å². The van der Waals surface area contributed by atoms with E-state index in [1.54, 1.807) is 6.20 Å². The summed E-state index contributed by atoms with van der Waals surface area (Å²) >= 11 is 1.38. The molecule has 0 amide bonds. The van der Waals surface area contributed by atoms with Crippen molar-refractivity contribution >= 4 is 11.5 Å². The number of nitrogens with zero attached hydrogens (tertiary/aromatic N) is 4. The molecule has 6 heteroatoms. The lowest BCUT2D eigenvalue weighted by atomic mass is 10.5. The number of hydrogen-bond acceptors (Lipinski definition) is 5. The van der Waals surface area contributed by atoms with Crippen molar-refractivity contribution in [1.82, 2.24) is 24.7 Å². The van der Waals surface area contributed by atoms with Crippen molar-refractivity contribution in [2.75, 3.05) is 6.54 Å². The highest BCUT2D eigenvalue weighted by molar-refractivity contribution is 7.03. The van der Waals surface area contributed by atoms with Gasteiger partial charge in [-0.25, -0.2) is 0 Å². The molecule has 5 nitrogen and oxygen atoms in total. The zero-order valence-electron chi connectivity index (χ0n) is 7.63. The normalized spacial score (nSPS) is 10.6. The minimum Gasteiger partial charge on any atom is -0.309 e. The van der Waals surface area contributed by atoms with Gasteiger partial charge in [-0.1, -0.05) is 4.49 Å². The van der Waals surface area contributed by atoms with Gasteiger partial charge in [0, 0.05) is 30.9 Å². The summed E-state index contributed by atoms with van der Waals surface area (Å²) < 4.78 is 5.68. The van der Waals surface area contributed by atoms with Crippen molar-refractivity contribution in [3.8, 4) is 0 Å². The predicted octanol–water partition coefficient (Wildman–Crippen LogP) is 0.524. The molecule has 2 aromatic heterocycles. The molecule has 74 valence electrons. The summed E-state index contributed by atoms with van der Waals surface area (Å²) in [5.41, 5.74) is 0.996. The summed E-state index contributed by atoms with van der Waals surface area (Å²) in [5.74, 6) is 0. The molecular formula is C8H11N5S. The first-order chi connectivity index (χ1) is 6.95. The molecule has 0 saturated carbocycles. The van der Waals surface area contributed by atoms with E-state index in [1.165, 1.54) is 11.5 Å². The monoisotopic (exact) mass is 209 g/mol. The van der Waals surface area contributed by atoms with E-state index >= 15 is 0 Å². The maximum absolute atomic E-state index is 4.10.